The molecule has 6 nitrogen and oxygen atoms in total. The van der Waals surface area contributed by atoms with Crippen molar-refractivity contribution >= 4 is 50.9 Å². The van der Waals surface area contributed by atoms with E-state index in [1.807, 2.05) is 24.7 Å². The molecule has 1 rings (SSSR count). The summed E-state index contributed by atoms with van der Waals surface area (Å²) in [5.74, 6) is 0.362. The van der Waals surface area contributed by atoms with E-state index in [0.717, 1.165) is 24.4 Å². The third kappa shape index (κ3) is 13.4. The Morgan fingerprint density at radius 3 is 1.47 bits per heavy atom. The van der Waals surface area contributed by atoms with Crippen LogP contribution in [0, 0.1) is 0 Å². The molecule has 0 heterocycles. The summed E-state index contributed by atoms with van der Waals surface area (Å²) in [5, 5.41) is 10.1. The monoisotopic (exact) mass is 578 g/mol. The van der Waals surface area contributed by atoms with E-state index in [9.17, 15) is 5.11 Å². The zero-order chi connectivity index (χ0) is 26.6. The van der Waals surface area contributed by atoms with Gasteiger partial charge >= 0.3 is 25.9 Å². The lowest BCUT2D eigenvalue weighted by Crippen LogP contribution is -2.63. The molecule has 34 heavy (non-hydrogen) atoms. The minimum atomic E-state index is -3.07. The maximum Gasteiger partial charge on any atom is 0.469 e. The Morgan fingerprint density at radius 2 is 1.06 bits per heavy atom. The number of phenols is 1. The van der Waals surface area contributed by atoms with Gasteiger partial charge in [0.05, 0.1) is 0 Å². The zero-order valence-corrected chi connectivity index (χ0v) is 29.9. The molecule has 0 atom stereocenters. The number of phenolic OH excluding ortho intramolecular Hbond substituents is 1. The molecule has 0 aliphatic rings. The molecule has 0 aromatic heterocycles. The maximum atomic E-state index is 10.1. The molecule has 0 aliphatic heterocycles. The van der Waals surface area contributed by atoms with Crippen molar-refractivity contribution in [3.63, 3.8) is 0 Å². The predicted molar refractivity (Wildman–Crippen MR) is 157 cm³/mol. The minimum Gasteiger partial charge on any atom is -0.508 e. The summed E-state index contributed by atoms with van der Waals surface area (Å²) < 4.78 is 33.5. The zero-order valence-electron chi connectivity index (χ0n) is 23.9. The largest absolute Gasteiger partial charge is 0.508 e. The van der Waals surface area contributed by atoms with Crippen molar-refractivity contribution in [1.29, 1.82) is 0 Å². The number of para-hydroxylation sites is 1. The molecule has 0 fully saturated rings. The number of hydrogen-bond donors (Lipinski definition) is 1. The van der Waals surface area contributed by atoms with Crippen LogP contribution in [0.2, 0.25) is 91.2 Å². The van der Waals surface area contributed by atoms with E-state index in [-0.39, 0.29) is 0 Å². The lowest BCUT2D eigenvalue weighted by Gasteiger charge is -2.44. The summed E-state index contributed by atoms with van der Waals surface area (Å²) in [6, 6.07) is 8.51. The highest BCUT2D eigenvalue weighted by Gasteiger charge is 2.51. The van der Waals surface area contributed by atoms with Gasteiger partial charge in [0.15, 0.2) is 25.0 Å². The number of aromatic hydroxyl groups is 1. The highest BCUT2D eigenvalue weighted by atomic mass is 28.5. The molecule has 0 saturated heterocycles. The van der Waals surface area contributed by atoms with E-state index < -0.39 is 50.9 Å². The van der Waals surface area contributed by atoms with E-state index in [2.05, 4.69) is 78.6 Å². The Morgan fingerprint density at radius 1 is 0.618 bits per heavy atom. The van der Waals surface area contributed by atoms with Gasteiger partial charge in [-0.1, -0.05) is 18.2 Å². The lowest BCUT2D eigenvalue weighted by atomic mass is 10.1. The topological polar surface area (TPSA) is 66.4 Å². The fraction of sp³-hybridized carbons (Fsp3) is 0.727. The van der Waals surface area contributed by atoms with Gasteiger partial charge in [0.1, 0.15) is 5.75 Å². The quantitative estimate of drug-likeness (QED) is 0.234. The molecule has 0 radical (unpaired) electrons. The second-order valence-electron chi connectivity index (χ2n) is 12.6. The average molecular weight is 579 g/mol. The lowest BCUT2D eigenvalue weighted by molar-refractivity contribution is 0.214. The van der Waals surface area contributed by atoms with Crippen molar-refractivity contribution < 1.29 is 25.7 Å². The molecular formula is C22H50O6Si6. The third-order valence-corrected chi connectivity index (χ3v) is 25.6. The molecule has 0 saturated carbocycles. The molecule has 1 aromatic carbocycles. The van der Waals surface area contributed by atoms with Crippen LogP contribution in [0.15, 0.2) is 24.3 Å². The summed E-state index contributed by atoms with van der Waals surface area (Å²) in [5.41, 5.74) is 0.981. The van der Waals surface area contributed by atoms with Crippen LogP contribution in [0.1, 0.15) is 12.0 Å². The van der Waals surface area contributed by atoms with Crippen LogP contribution in [0.5, 0.6) is 5.75 Å². The summed E-state index contributed by atoms with van der Waals surface area (Å²) in [6.07, 6.45) is 1.77. The first-order valence-corrected chi connectivity index (χ1v) is 30.1. The molecular weight excluding hydrogens is 529 g/mol. The van der Waals surface area contributed by atoms with E-state index in [4.69, 9.17) is 20.6 Å². The number of aryl methyl sites for hydroxylation is 1. The van der Waals surface area contributed by atoms with Crippen LogP contribution in [0.4, 0.5) is 0 Å². The summed E-state index contributed by atoms with van der Waals surface area (Å²) >= 11 is 0. The fourth-order valence-corrected chi connectivity index (χ4v) is 31.6. The van der Waals surface area contributed by atoms with Crippen LogP contribution in [0.25, 0.3) is 0 Å². The highest BCUT2D eigenvalue weighted by molar-refractivity contribution is 6.91. The number of hydrogen-bond acceptors (Lipinski definition) is 6. The highest BCUT2D eigenvalue weighted by Crippen LogP contribution is 2.31. The van der Waals surface area contributed by atoms with Gasteiger partial charge in [-0.3, -0.25) is 0 Å². The van der Waals surface area contributed by atoms with Gasteiger partial charge in [0.25, 0.3) is 0 Å². The molecule has 0 aliphatic carbocycles. The third-order valence-electron chi connectivity index (χ3n) is 4.64. The normalized spacial score (nSPS) is 14.5. The smallest absolute Gasteiger partial charge is 0.469 e. The maximum absolute atomic E-state index is 10.1. The van der Waals surface area contributed by atoms with Gasteiger partial charge in [-0.15, -0.1) is 0 Å². The molecule has 1 N–H and O–H groups in total. The van der Waals surface area contributed by atoms with Crippen LogP contribution < -0.4 is 0 Å². The summed E-state index contributed by atoms with van der Waals surface area (Å²) in [4.78, 5) is 0. The molecule has 1 aromatic rings. The summed E-state index contributed by atoms with van der Waals surface area (Å²) in [6.45, 7) is 28.1. The second kappa shape index (κ2) is 11.7. The molecule has 0 bridgehead atoms. The van der Waals surface area contributed by atoms with Gasteiger partial charge in [-0.05, 0) is 109 Å². The average Bonchev–Trinajstić information content (AvgIpc) is 2.48. The van der Waals surface area contributed by atoms with Crippen molar-refractivity contribution in [3.8, 4) is 5.75 Å². The molecule has 0 amide bonds. The van der Waals surface area contributed by atoms with Crippen LogP contribution in [0.3, 0.4) is 0 Å². The molecule has 12 heteroatoms. The van der Waals surface area contributed by atoms with E-state index in [1.54, 1.807) is 6.07 Å². The predicted octanol–water partition coefficient (Wildman–Crippen LogP) is 7.26. The van der Waals surface area contributed by atoms with Gasteiger partial charge in [-0.25, -0.2) is 0 Å². The van der Waals surface area contributed by atoms with Crippen LogP contribution >= 0.6 is 0 Å². The molecule has 0 spiro atoms. The van der Waals surface area contributed by atoms with Crippen LogP contribution in [-0.4, -0.2) is 56.0 Å². The number of rotatable bonds is 14. The van der Waals surface area contributed by atoms with E-state index >= 15 is 0 Å². The van der Waals surface area contributed by atoms with Crippen molar-refractivity contribution in [2.75, 3.05) is 0 Å². The molecule has 0 unspecified atom stereocenters. The Kier molecular flexibility index (Phi) is 11.0. The van der Waals surface area contributed by atoms with Crippen LogP contribution in [-0.2, 0) is 27.0 Å². The SMILES string of the molecule is C[Si](C)(C)O[Si](C)(C)O[Si](C)(O[Si](C)(C)CCCc1ccccc1O)O[Si](C)(C)O[Si](C)(C)C. The van der Waals surface area contributed by atoms with E-state index in [1.165, 1.54) is 0 Å². The fourth-order valence-electron chi connectivity index (χ4n) is 4.45. The van der Waals surface area contributed by atoms with Gasteiger partial charge in [0, 0.05) is 6.55 Å². The Hall–Kier alpha value is 0.121. The van der Waals surface area contributed by atoms with Crippen molar-refractivity contribution in [1.82, 2.24) is 0 Å². The number of benzene rings is 1. The van der Waals surface area contributed by atoms with E-state index in [0.29, 0.717) is 5.75 Å². The van der Waals surface area contributed by atoms with Crippen molar-refractivity contribution in [3.05, 3.63) is 29.8 Å². The Bertz CT molecular complexity index is 759. The first-order valence-electron chi connectivity index (χ1n) is 12.3. The minimum absolute atomic E-state index is 0.362. The van der Waals surface area contributed by atoms with Crippen molar-refractivity contribution in [2.24, 2.45) is 0 Å². The van der Waals surface area contributed by atoms with Gasteiger partial charge < -0.3 is 25.7 Å². The second-order valence-corrected chi connectivity index (χ2v) is 36.5. The standard InChI is InChI=1S/C22H50O6Si6/c1-29(2,3)24-32(9,10)27-34(13,28-33(11,12)25-30(4,5)6)26-31(7,8)20-16-18-21-17-14-15-19-22(21)23/h14-15,17,19,23H,16,18,20H2,1-13H3. The van der Waals surface area contributed by atoms with Crippen molar-refractivity contribution in [2.45, 2.75) is 104 Å². The van der Waals surface area contributed by atoms with Gasteiger partial charge in [-0.2, -0.15) is 0 Å². The Balaban J connectivity index is 3.06. The summed E-state index contributed by atoms with van der Waals surface area (Å²) in [7, 11) is -13.8. The van der Waals surface area contributed by atoms with Gasteiger partial charge in [0.2, 0.25) is 0 Å². The first-order chi connectivity index (χ1) is 15.0. The Labute approximate surface area is 215 Å². The molecule has 198 valence electrons. The first kappa shape index (κ1) is 32.2.